The number of nitrogens with one attached hydrogen (secondary N) is 1. The Morgan fingerprint density at radius 1 is 0.621 bits per heavy atom. The highest BCUT2D eigenvalue weighted by atomic mass is 16.2. The second-order valence-corrected chi connectivity index (χ2v) is 9.22. The highest BCUT2D eigenvalue weighted by Gasteiger charge is 2.19. The molecule has 1 N–H and O–H groups in total. The van der Waals surface area contributed by atoms with E-state index in [1.165, 1.54) is 96.3 Å². The van der Waals surface area contributed by atoms with Crippen LogP contribution in [0.3, 0.4) is 0 Å². The molecule has 0 aliphatic carbocycles. The molecule has 3 nitrogen and oxygen atoms in total. The molecule has 0 aliphatic rings. The Morgan fingerprint density at radius 3 is 1.38 bits per heavy atom. The summed E-state index contributed by atoms with van der Waals surface area (Å²) in [5, 5.41) is 3.14. The first-order chi connectivity index (χ1) is 14.1. The van der Waals surface area contributed by atoms with Gasteiger partial charge in [-0.05, 0) is 26.9 Å². The van der Waals surface area contributed by atoms with Crippen LogP contribution in [-0.2, 0) is 4.79 Å². The third-order valence-electron chi connectivity index (χ3n) is 6.09. The van der Waals surface area contributed by atoms with Crippen molar-refractivity contribution < 1.29 is 4.79 Å². The summed E-state index contributed by atoms with van der Waals surface area (Å²) in [7, 11) is 4.02. The van der Waals surface area contributed by atoms with Crippen LogP contribution < -0.4 is 5.32 Å². The van der Waals surface area contributed by atoms with Crippen LogP contribution in [0.15, 0.2) is 0 Å². The van der Waals surface area contributed by atoms with Gasteiger partial charge < -0.3 is 5.32 Å². The first-order valence-corrected chi connectivity index (χ1v) is 13.1. The van der Waals surface area contributed by atoms with E-state index in [0.717, 1.165) is 32.2 Å². The smallest absolute Gasteiger partial charge is 0.237 e. The van der Waals surface area contributed by atoms with Crippen molar-refractivity contribution in [2.24, 2.45) is 0 Å². The van der Waals surface area contributed by atoms with E-state index in [9.17, 15) is 4.79 Å². The lowest BCUT2D eigenvalue weighted by Gasteiger charge is -2.23. The third kappa shape index (κ3) is 19.2. The largest absolute Gasteiger partial charge is 0.355 e. The van der Waals surface area contributed by atoms with Crippen LogP contribution in [0.4, 0.5) is 0 Å². The van der Waals surface area contributed by atoms with Gasteiger partial charge in [0.1, 0.15) is 0 Å². The lowest BCUT2D eigenvalue weighted by Crippen LogP contribution is -2.43. The van der Waals surface area contributed by atoms with E-state index in [1.54, 1.807) is 0 Å². The second-order valence-electron chi connectivity index (χ2n) is 9.22. The summed E-state index contributed by atoms with van der Waals surface area (Å²) in [6.45, 7) is 5.31. The van der Waals surface area contributed by atoms with Gasteiger partial charge in [0.25, 0.3) is 0 Å². The van der Waals surface area contributed by atoms with Crippen molar-refractivity contribution in [3.8, 4) is 0 Å². The lowest BCUT2D eigenvalue weighted by molar-refractivity contribution is -0.125. The van der Waals surface area contributed by atoms with Crippen LogP contribution in [0.25, 0.3) is 0 Å². The summed E-state index contributed by atoms with van der Waals surface area (Å²) in [6, 6.07) is 0.0380. The highest BCUT2D eigenvalue weighted by Crippen LogP contribution is 2.13. The number of likely N-dealkylation sites (N-methyl/N-ethyl adjacent to an activating group) is 1. The van der Waals surface area contributed by atoms with Crippen LogP contribution in [0, 0.1) is 0 Å². The van der Waals surface area contributed by atoms with Crippen LogP contribution >= 0.6 is 0 Å². The average Bonchev–Trinajstić information content (AvgIpc) is 2.70. The van der Waals surface area contributed by atoms with Crippen LogP contribution in [0.1, 0.15) is 136 Å². The number of amides is 1. The van der Waals surface area contributed by atoms with Gasteiger partial charge in [0.05, 0.1) is 6.04 Å². The SMILES string of the molecule is CCCCCCCCCCCCCCCCCCNC(=O)C(CCCC)N(C)C. The molecule has 0 fully saturated rings. The van der Waals surface area contributed by atoms with Crippen LogP contribution in [0.5, 0.6) is 0 Å². The first kappa shape index (κ1) is 28.4. The van der Waals surface area contributed by atoms with Crippen LogP contribution in [0.2, 0.25) is 0 Å². The first-order valence-electron chi connectivity index (χ1n) is 13.1. The van der Waals surface area contributed by atoms with Gasteiger partial charge in [-0.25, -0.2) is 0 Å². The average molecular weight is 411 g/mol. The van der Waals surface area contributed by atoms with E-state index >= 15 is 0 Å². The molecule has 0 saturated carbocycles. The van der Waals surface area contributed by atoms with Gasteiger partial charge in [0, 0.05) is 6.54 Å². The van der Waals surface area contributed by atoms with E-state index in [-0.39, 0.29) is 11.9 Å². The molecule has 0 heterocycles. The minimum atomic E-state index is 0.0380. The normalized spacial score (nSPS) is 12.4. The Labute approximate surface area is 183 Å². The molecule has 1 unspecified atom stereocenters. The van der Waals surface area contributed by atoms with Gasteiger partial charge in [0.15, 0.2) is 0 Å². The maximum atomic E-state index is 12.3. The molecule has 0 spiro atoms. The molecule has 0 aromatic carbocycles. The maximum Gasteiger partial charge on any atom is 0.237 e. The van der Waals surface area contributed by atoms with Gasteiger partial charge in [-0.1, -0.05) is 123 Å². The minimum absolute atomic E-state index is 0.0380. The number of unbranched alkanes of at least 4 members (excludes halogenated alkanes) is 16. The van der Waals surface area contributed by atoms with Gasteiger partial charge in [-0.3, -0.25) is 9.69 Å². The van der Waals surface area contributed by atoms with E-state index in [0.29, 0.717) is 0 Å². The Kier molecular flexibility index (Phi) is 21.7. The predicted molar refractivity (Wildman–Crippen MR) is 130 cm³/mol. The molecular formula is C26H54N2O. The Morgan fingerprint density at radius 2 is 1.00 bits per heavy atom. The number of hydrogen-bond acceptors (Lipinski definition) is 2. The zero-order chi connectivity index (χ0) is 21.6. The van der Waals surface area contributed by atoms with Gasteiger partial charge in [-0.2, -0.15) is 0 Å². The third-order valence-corrected chi connectivity index (χ3v) is 6.09. The molecule has 1 amide bonds. The van der Waals surface area contributed by atoms with Crippen molar-refractivity contribution in [1.82, 2.24) is 10.2 Å². The van der Waals surface area contributed by atoms with E-state index < -0.39 is 0 Å². The second kappa shape index (κ2) is 22.1. The number of rotatable bonds is 22. The van der Waals surface area contributed by atoms with Gasteiger partial charge in [-0.15, -0.1) is 0 Å². The molecule has 174 valence electrons. The fourth-order valence-electron chi connectivity index (χ4n) is 4.02. The lowest BCUT2D eigenvalue weighted by atomic mass is 10.0. The molecule has 29 heavy (non-hydrogen) atoms. The number of nitrogens with zero attached hydrogens (tertiary/aromatic N) is 1. The molecule has 0 radical (unpaired) electrons. The number of carbonyl (C=O) groups is 1. The monoisotopic (exact) mass is 410 g/mol. The molecule has 1 atom stereocenters. The highest BCUT2D eigenvalue weighted by molar-refractivity contribution is 5.81. The molecule has 3 heteroatoms. The summed E-state index contributed by atoms with van der Waals surface area (Å²) in [6.07, 6.45) is 25.4. The summed E-state index contributed by atoms with van der Waals surface area (Å²) < 4.78 is 0. The van der Waals surface area contributed by atoms with Gasteiger partial charge >= 0.3 is 0 Å². The Hall–Kier alpha value is -0.570. The summed E-state index contributed by atoms with van der Waals surface area (Å²) in [4.78, 5) is 14.4. The summed E-state index contributed by atoms with van der Waals surface area (Å²) in [5.41, 5.74) is 0. The fourth-order valence-corrected chi connectivity index (χ4v) is 4.02. The zero-order valence-corrected chi connectivity index (χ0v) is 20.6. The van der Waals surface area contributed by atoms with Gasteiger partial charge in [0.2, 0.25) is 5.91 Å². The molecule has 0 saturated heterocycles. The molecule has 0 aliphatic heterocycles. The number of carbonyl (C=O) groups excluding carboxylic acids is 1. The number of hydrogen-bond donors (Lipinski definition) is 1. The van der Waals surface area contributed by atoms with Crippen molar-refractivity contribution in [3.05, 3.63) is 0 Å². The van der Waals surface area contributed by atoms with Crippen molar-refractivity contribution in [1.29, 1.82) is 0 Å². The minimum Gasteiger partial charge on any atom is -0.355 e. The Bertz CT molecular complexity index is 344. The van der Waals surface area contributed by atoms with Crippen LogP contribution in [-0.4, -0.2) is 37.5 Å². The van der Waals surface area contributed by atoms with E-state index in [1.807, 2.05) is 14.1 Å². The summed E-state index contributed by atoms with van der Waals surface area (Å²) in [5.74, 6) is 0.212. The standard InChI is InChI=1S/C26H54N2O/c1-5-7-9-10-11-12-13-14-15-16-17-18-19-20-21-22-24-27-26(29)25(28(3)4)23-8-6-2/h25H,5-24H2,1-4H3,(H,27,29). The quantitative estimate of drug-likeness (QED) is 0.188. The van der Waals surface area contributed by atoms with Crippen molar-refractivity contribution in [2.45, 2.75) is 142 Å². The van der Waals surface area contributed by atoms with Crippen molar-refractivity contribution in [3.63, 3.8) is 0 Å². The zero-order valence-electron chi connectivity index (χ0n) is 20.6. The Balaban J connectivity index is 3.33. The maximum absolute atomic E-state index is 12.3. The van der Waals surface area contributed by atoms with E-state index in [2.05, 4.69) is 24.1 Å². The fraction of sp³-hybridized carbons (Fsp3) is 0.962. The van der Waals surface area contributed by atoms with E-state index in [4.69, 9.17) is 0 Å². The molecule has 0 aromatic heterocycles. The summed E-state index contributed by atoms with van der Waals surface area (Å²) >= 11 is 0. The molecular weight excluding hydrogens is 356 g/mol. The van der Waals surface area contributed by atoms with Crippen molar-refractivity contribution in [2.75, 3.05) is 20.6 Å². The molecule has 0 aromatic rings. The molecule has 0 rings (SSSR count). The van der Waals surface area contributed by atoms with Crippen molar-refractivity contribution >= 4 is 5.91 Å². The topological polar surface area (TPSA) is 32.3 Å². The predicted octanol–water partition coefficient (Wildman–Crippen LogP) is 7.48. The molecule has 0 bridgehead atoms.